The molecule has 30 heavy (non-hydrogen) atoms. The number of benzene rings is 2. The Hall–Kier alpha value is -2.50. The fourth-order valence-electron chi connectivity index (χ4n) is 4.12. The lowest BCUT2D eigenvalue weighted by molar-refractivity contribution is 0.317. The van der Waals surface area contributed by atoms with Crippen molar-refractivity contribution in [3.63, 3.8) is 0 Å². The second-order valence-electron chi connectivity index (χ2n) is 8.99. The van der Waals surface area contributed by atoms with Crippen molar-refractivity contribution in [2.45, 2.75) is 45.2 Å². The zero-order valence-corrected chi connectivity index (χ0v) is 18.5. The first-order valence-electron chi connectivity index (χ1n) is 10.5. The Morgan fingerprint density at radius 2 is 1.77 bits per heavy atom. The van der Waals surface area contributed by atoms with Crippen molar-refractivity contribution in [1.29, 1.82) is 0 Å². The number of anilines is 3. The number of rotatable bonds is 4. The van der Waals surface area contributed by atoms with Gasteiger partial charge in [0, 0.05) is 41.4 Å². The van der Waals surface area contributed by atoms with Crippen LogP contribution in [0.3, 0.4) is 0 Å². The summed E-state index contributed by atoms with van der Waals surface area (Å²) in [6.45, 7) is 8.50. The van der Waals surface area contributed by atoms with Crippen LogP contribution in [0.2, 0.25) is 5.02 Å². The molecule has 0 radical (unpaired) electrons. The first-order valence-corrected chi connectivity index (χ1v) is 10.8. The predicted octanol–water partition coefficient (Wildman–Crippen LogP) is 5.69. The van der Waals surface area contributed by atoms with E-state index in [-0.39, 0.29) is 11.3 Å². The molecule has 1 saturated heterocycles. The minimum Gasteiger partial charge on any atom is -0.507 e. The van der Waals surface area contributed by atoms with Crippen LogP contribution in [-0.2, 0) is 0 Å². The van der Waals surface area contributed by atoms with Crippen LogP contribution in [-0.4, -0.2) is 34.8 Å². The van der Waals surface area contributed by atoms with Crippen molar-refractivity contribution >= 4 is 39.7 Å². The van der Waals surface area contributed by atoms with Crippen molar-refractivity contribution in [3.05, 3.63) is 53.6 Å². The van der Waals surface area contributed by atoms with Crippen LogP contribution in [0.4, 0.5) is 17.2 Å². The minimum absolute atomic E-state index is 0.115. The third-order valence-electron chi connectivity index (χ3n) is 5.38. The first-order chi connectivity index (χ1) is 14.3. The third kappa shape index (κ3) is 4.79. The molecule has 1 aliphatic rings. The van der Waals surface area contributed by atoms with Gasteiger partial charge in [0.15, 0.2) is 0 Å². The van der Waals surface area contributed by atoms with Gasteiger partial charge < -0.3 is 20.6 Å². The topological polar surface area (TPSA) is 60.4 Å². The van der Waals surface area contributed by atoms with Crippen LogP contribution in [0.5, 0.6) is 5.75 Å². The molecule has 3 aromatic rings. The van der Waals surface area contributed by atoms with Gasteiger partial charge in [0.05, 0.1) is 16.6 Å². The van der Waals surface area contributed by atoms with Crippen molar-refractivity contribution in [1.82, 2.24) is 10.3 Å². The van der Waals surface area contributed by atoms with Gasteiger partial charge in [0.1, 0.15) is 11.6 Å². The van der Waals surface area contributed by atoms with Crippen molar-refractivity contribution < 1.29 is 5.11 Å². The maximum absolute atomic E-state index is 10.6. The van der Waals surface area contributed by atoms with Crippen LogP contribution < -0.4 is 15.5 Å². The number of halogens is 1. The Labute approximate surface area is 183 Å². The molecule has 0 spiro atoms. The Morgan fingerprint density at radius 3 is 2.43 bits per heavy atom. The average molecular weight is 425 g/mol. The van der Waals surface area contributed by atoms with Crippen LogP contribution in [0.1, 0.15) is 33.6 Å². The number of hydrogen-bond donors (Lipinski definition) is 3. The van der Waals surface area contributed by atoms with E-state index >= 15 is 0 Å². The summed E-state index contributed by atoms with van der Waals surface area (Å²) >= 11 is 6.01. The molecule has 2 aromatic carbocycles. The molecule has 0 bridgehead atoms. The fraction of sp³-hybridized carbons (Fsp3) is 0.375. The van der Waals surface area contributed by atoms with Crippen molar-refractivity contribution in [2.75, 3.05) is 23.3 Å². The van der Waals surface area contributed by atoms with E-state index in [0.717, 1.165) is 54.0 Å². The van der Waals surface area contributed by atoms with Gasteiger partial charge >= 0.3 is 0 Å². The summed E-state index contributed by atoms with van der Waals surface area (Å²) in [7, 11) is 0. The molecule has 0 amide bonds. The molecular formula is C24H29ClN4O. The molecule has 3 N–H and O–H groups in total. The molecular weight excluding hydrogens is 396 g/mol. The molecule has 1 aromatic heterocycles. The average Bonchev–Trinajstić information content (AvgIpc) is 2.69. The number of hydrogen-bond acceptors (Lipinski definition) is 5. The molecule has 4 rings (SSSR count). The Balaban J connectivity index is 1.63. The summed E-state index contributed by atoms with van der Waals surface area (Å²) in [6, 6.07) is 15.6. The summed E-state index contributed by atoms with van der Waals surface area (Å²) in [4.78, 5) is 7.09. The standard InChI is InChI=1S/C24H29ClN4O/c1-24(2,3)28-18-11-13-29(14-12-18)20-15-22(26-17-9-7-16(25)8-10-17)27-19-5-4-6-21(30)23(19)20/h4-10,15,18,28,30H,11-14H2,1-3H3,(H,26,27). The van der Waals surface area contributed by atoms with Crippen LogP contribution >= 0.6 is 11.6 Å². The zero-order valence-electron chi connectivity index (χ0n) is 17.7. The van der Waals surface area contributed by atoms with E-state index < -0.39 is 0 Å². The third-order valence-corrected chi connectivity index (χ3v) is 5.63. The number of piperidine rings is 1. The summed E-state index contributed by atoms with van der Waals surface area (Å²) < 4.78 is 0. The second-order valence-corrected chi connectivity index (χ2v) is 9.42. The van der Waals surface area contributed by atoms with Crippen LogP contribution in [0.25, 0.3) is 10.9 Å². The predicted molar refractivity (Wildman–Crippen MR) is 126 cm³/mol. The zero-order chi connectivity index (χ0) is 21.3. The SMILES string of the molecule is CC(C)(C)NC1CCN(c2cc(Nc3ccc(Cl)cc3)nc3cccc(O)c23)CC1. The van der Waals surface area contributed by atoms with Crippen molar-refractivity contribution in [3.8, 4) is 5.75 Å². The lowest BCUT2D eigenvalue weighted by Gasteiger charge is -2.37. The van der Waals surface area contributed by atoms with Gasteiger partial charge in [-0.25, -0.2) is 4.98 Å². The first kappa shape index (κ1) is 20.8. The lowest BCUT2D eigenvalue weighted by atomic mass is 9.99. The number of phenols is 1. The van der Waals surface area contributed by atoms with Gasteiger partial charge in [-0.05, 0) is 70.0 Å². The molecule has 6 heteroatoms. The van der Waals surface area contributed by atoms with Gasteiger partial charge in [0.25, 0.3) is 0 Å². The van der Waals surface area contributed by atoms with Gasteiger partial charge in [-0.15, -0.1) is 0 Å². The molecule has 0 aliphatic carbocycles. The van der Waals surface area contributed by atoms with Gasteiger partial charge in [-0.2, -0.15) is 0 Å². The van der Waals surface area contributed by atoms with E-state index in [2.05, 4.69) is 36.3 Å². The molecule has 0 saturated carbocycles. The maximum atomic E-state index is 10.6. The second kappa shape index (κ2) is 8.32. The quantitative estimate of drug-likeness (QED) is 0.501. The maximum Gasteiger partial charge on any atom is 0.133 e. The molecule has 5 nitrogen and oxygen atoms in total. The highest BCUT2D eigenvalue weighted by molar-refractivity contribution is 6.30. The normalized spacial score (nSPS) is 15.5. The van der Waals surface area contributed by atoms with E-state index in [1.165, 1.54) is 0 Å². The molecule has 0 atom stereocenters. The summed E-state index contributed by atoms with van der Waals surface area (Å²) in [5.41, 5.74) is 2.83. The fourth-order valence-corrected chi connectivity index (χ4v) is 4.25. The number of pyridine rings is 1. The summed E-state index contributed by atoms with van der Waals surface area (Å²) in [6.07, 6.45) is 2.13. The molecule has 2 heterocycles. The number of fused-ring (bicyclic) bond motifs is 1. The summed E-state index contributed by atoms with van der Waals surface area (Å²) in [5, 5.41) is 19.2. The van der Waals surface area contributed by atoms with Crippen LogP contribution in [0, 0.1) is 0 Å². The number of nitrogens with zero attached hydrogens (tertiary/aromatic N) is 2. The number of aromatic hydroxyl groups is 1. The highest BCUT2D eigenvalue weighted by Gasteiger charge is 2.25. The smallest absolute Gasteiger partial charge is 0.133 e. The highest BCUT2D eigenvalue weighted by atomic mass is 35.5. The van der Waals surface area contributed by atoms with Crippen molar-refractivity contribution in [2.24, 2.45) is 0 Å². The van der Waals surface area contributed by atoms with E-state index in [0.29, 0.717) is 11.1 Å². The molecule has 1 aliphatic heterocycles. The number of nitrogens with one attached hydrogen (secondary N) is 2. The van der Waals surface area contributed by atoms with E-state index in [1.807, 2.05) is 42.5 Å². The lowest BCUT2D eigenvalue weighted by Crippen LogP contribution is -2.49. The van der Waals surface area contributed by atoms with Crippen LogP contribution in [0.15, 0.2) is 48.5 Å². The van der Waals surface area contributed by atoms with Gasteiger partial charge in [-0.3, -0.25) is 0 Å². The number of phenolic OH excluding ortho intramolecular Hbond substituents is 1. The Morgan fingerprint density at radius 1 is 1.07 bits per heavy atom. The summed E-state index contributed by atoms with van der Waals surface area (Å²) in [5.74, 6) is 1.02. The Kier molecular flexibility index (Phi) is 5.76. The Bertz CT molecular complexity index is 1020. The van der Waals surface area contributed by atoms with Gasteiger partial charge in [0.2, 0.25) is 0 Å². The van der Waals surface area contributed by atoms with Gasteiger partial charge in [-0.1, -0.05) is 17.7 Å². The highest BCUT2D eigenvalue weighted by Crippen LogP contribution is 2.37. The monoisotopic (exact) mass is 424 g/mol. The number of aromatic nitrogens is 1. The minimum atomic E-state index is 0.115. The molecule has 158 valence electrons. The largest absolute Gasteiger partial charge is 0.507 e. The molecule has 0 unspecified atom stereocenters. The van der Waals surface area contributed by atoms with E-state index in [1.54, 1.807) is 6.07 Å². The van der Waals surface area contributed by atoms with E-state index in [4.69, 9.17) is 16.6 Å². The molecule has 1 fully saturated rings. The van der Waals surface area contributed by atoms with E-state index in [9.17, 15) is 5.11 Å².